The van der Waals surface area contributed by atoms with E-state index in [0.29, 0.717) is 6.54 Å². The van der Waals surface area contributed by atoms with Gasteiger partial charge in [0.15, 0.2) is 0 Å². The molecule has 3 nitrogen and oxygen atoms in total. The van der Waals surface area contributed by atoms with E-state index in [0.717, 1.165) is 19.4 Å². The summed E-state index contributed by atoms with van der Waals surface area (Å²) in [5.41, 5.74) is 0. The fourth-order valence-electron chi connectivity index (χ4n) is 1.35. The Bertz CT molecular complexity index is 214. The lowest BCUT2D eigenvalue weighted by Crippen LogP contribution is -2.33. The molecule has 0 bridgehead atoms. The van der Waals surface area contributed by atoms with Gasteiger partial charge in [-0.05, 0) is 31.8 Å². The number of rotatable bonds is 2. The molecule has 0 saturated carbocycles. The Morgan fingerprint density at radius 3 is 2.58 bits per heavy atom. The average Bonchev–Trinajstić information content (AvgIpc) is 1.85. The van der Waals surface area contributed by atoms with Gasteiger partial charge in [-0.2, -0.15) is 8.42 Å². The van der Waals surface area contributed by atoms with Gasteiger partial charge in [-0.1, -0.05) is 0 Å². The molecule has 74 valence electrons. The quantitative estimate of drug-likeness (QED) is 0.693. The number of nitrogens with one attached hydrogen (secondary N) is 1. The molecule has 1 aliphatic heterocycles. The summed E-state index contributed by atoms with van der Waals surface area (Å²) < 4.78 is 32.5. The minimum Gasteiger partial charge on any atom is -0.316 e. The fourth-order valence-corrected chi connectivity index (χ4v) is 2.20. The van der Waals surface area contributed by atoms with Gasteiger partial charge in [0.2, 0.25) is 0 Å². The highest BCUT2D eigenvalue weighted by Gasteiger charge is 2.19. The molecule has 0 amide bonds. The van der Waals surface area contributed by atoms with E-state index in [1.165, 1.54) is 0 Å². The smallest absolute Gasteiger partial charge is 0.302 e. The molecule has 1 heterocycles. The van der Waals surface area contributed by atoms with E-state index >= 15 is 0 Å². The molecule has 0 unspecified atom stereocenters. The molecule has 1 atom stereocenters. The van der Waals surface area contributed by atoms with Crippen LogP contribution in [0.15, 0.2) is 0 Å². The second kappa shape index (κ2) is 4.99. The second-order valence-electron chi connectivity index (χ2n) is 2.92. The van der Waals surface area contributed by atoms with Crippen LogP contribution in [0.4, 0.5) is 3.89 Å². The van der Waals surface area contributed by atoms with Crippen molar-refractivity contribution in [3.63, 3.8) is 0 Å². The van der Waals surface area contributed by atoms with Crippen molar-refractivity contribution in [2.45, 2.75) is 12.8 Å². The molecule has 0 aromatic heterocycles. The lowest BCUT2D eigenvalue weighted by atomic mass is 10.0. The van der Waals surface area contributed by atoms with E-state index in [9.17, 15) is 12.3 Å². The maximum atomic E-state index is 12.1. The van der Waals surface area contributed by atoms with Crippen molar-refractivity contribution in [3.05, 3.63) is 0 Å². The van der Waals surface area contributed by atoms with Crippen LogP contribution in [0, 0.1) is 5.92 Å². The van der Waals surface area contributed by atoms with E-state index in [2.05, 4.69) is 5.32 Å². The number of hydrogen-bond donors (Lipinski definition) is 1. The normalized spacial score (nSPS) is 24.6. The van der Waals surface area contributed by atoms with Crippen LogP contribution in [0.2, 0.25) is 0 Å². The molecule has 0 aromatic carbocycles. The third kappa shape index (κ3) is 4.90. The van der Waals surface area contributed by atoms with Crippen LogP contribution in [0.1, 0.15) is 12.8 Å². The molecule has 1 saturated heterocycles. The van der Waals surface area contributed by atoms with Crippen LogP contribution in [-0.4, -0.2) is 27.3 Å². The monoisotopic (exact) mass is 217 g/mol. The number of halogens is 2. The Labute approximate surface area is 78.3 Å². The molecule has 1 N–H and O–H groups in total. The lowest BCUT2D eigenvalue weighted by molar-refractivity contribution is 0.399. The minimum atomic E-state index is -4.26. The van der Waals surface area contributed by atoms with Crippen LogP contribution >= 0.6 is 12.4 Å². The fraction of sp³-hybridized carbons (Fsp3) is 1.00. The average molecular weight is 218 g/mol. The second-order valence-corrected chi connectivity index (χ2v) is 4.33. The molecule has 0 aliphatic carbocycles. The van der Waals surface area contributed by atoms with E-state index in [4.69, 9.17) is 0 Å². The van der Waals surface area contributed by atoms with E-state index in [1.807, 2.05) is 0 Å². The zero-order valence-electron chi connectivity index (χ0n) is 6.62. The predicted octanol–water partition coefficient (Wildman–Crippen LogP) is 0.707. The summed E-state index contributed by atoms with van der Waals surface area (Å²) >= 11 is 0. The van der Waals surface area contributed by atoms with Crippen molar-refractivity contribution < 1.29 is 12.3 Å². The standard InChI is InChI=1S/C6H12FNO2S.ClH/c7-11(9,10)5-6-2-1-3-8-4-6;/h6,8H,1-5H2;1H/t6-;/m0./s1. The van der Waals surface area contributed by atoms with Crippen LogP contribution < -0.4 is 5.32 Å². The summed E-state index contributed by atoms with van der Waals surface area (Å²) in [6, 6.07) is 0. The first-order valence-corrected chi connectivity index (χ1v) is 5.26. The minimum absolute atomic E-state index is 0. The van der Waals surface area contributed by atoms with Gasteiger partial charge in [0.1, 0.15) is 0 Å². The first-order chi connectivity index (χ1) is 5.08. The van der Waals surface area contributed by atoms with Gasteiger partial charge in [-0.15, -0.1) is 16.3 Å². The summed E-state index contributed by atoms with van der Waals surface area (Å²) in [6.07, 6.45) is 1.76. The summed E-state index contributed by atoms with van der Waals surface area (Å²) in [5, 5.41) is 3.03. The zero-order chi connectivity index (χ0) is 8.32. The maximum Gasteiger partial charge on any atom is 0.302 e. The zero-order valence-corrected chi connectivity index (χ0v) is 8.26. The van der Waals surface area contributed by atoms with E-state index in [-0.39, 0.29) is 24.1 Å². The summed E-state index contributed by atoms with van der Waals surface area (Å²) in [7, 11) is -4.26. The summed E-state index contributed by atoms with van der Waals surface area (Å²) in [5.74, 6) is -0.348. The van der Waals surface area contributed by atoms with Gasteiger partial charge in [0.05, 0.1) is 5.75 Å². The molecule has 12 heavy (non-hydrogen) atoms. The summed E-state index contributed by atoms with van der Waals surface area (Å²) in [6.45, 7) is 1.55. The van der Waals surface area contributed by atoms with Gasteiger partial charge >= 0.3 is 10.2 Å². The maximum absolute atomic E-state index is 12.1. The van der Waals surface area contributed by atoms with Crippen LogP contribution in [0.25, 0.3) is 0 Å². The Morgan fingerprint density at radius 1 is 1.50 bits per heavy atom. The largest absolute Gasteiger partial charge is 0.316 e. The number of piperidine rings is 1. The van der Waals surface area contributed by atoms with Gasteiger partial charge in [0, 0.05) is 0 Å². The third-order valence-electron chi connectivity index (χ3n) is 1.83. The van der Waals surface area contributed by atoms with Crippen molar-refractivity contribution >= 4 is 22.6 Å². The van der Waals surface area contributed by atoms with Crippen molar-refractivity contribution in [2.24, 2.45) is 5.92 Å². The van der Waals surface area contributed by atoms with Crippen molar-refractivity contribution in [1.29, 1.82) is 0 Å². The Hall–Kier alpha value is 0.130. The summed E-state index contributed by atoms with van der Waals surface area (Å²) in [4.78, 5) is 0. The molecule has 0 spiro atoms. The Balaban J connectivity index is 0.00000121. The highest BCUT2D eigenvalue weighted by Crippen LogP contribution is 2.12. The predicted molar refractivity (Wildman–Crippen MR) is 47.7 cm³/mol. The van der Waals surface area contributed by atoms with E-state index in [1.54, 1.807) is 0 Å². The Kier molecular flexibility index (Phi) is 5.04. The van der Waals surface area contributed by atoms with Crippen LogP contribution in [-0.2, 0) is 10.2 Å². The highest BCUT2D eigenvalue weighted by molar-refractivity contribution is 7.86. The molecular formula is C6H13ClFNO2S. The van der Waals surface area contributed by atoms with Gasteiger partial charge < -0.3 is 5.32 Å². The first-order valence-electron chi connectivity index (χ1n) is 3.71. The SMILES string of the molecule is Cl.O=S(=O)(F)C[C@H]1CCCNC1. The number of hydrogen-bond acceptors (Lipinski definition) is 3. The molecule has 1 aliphatic rings. The van der Waals surface area contributed by atoms with Crippen molar-refractivity contribution in [3.8, 4) is 0 Å². The van der Waals surface area contributed by atoms with Crippen molar-refractivity contribution in [1.82, 2.24) is 5.32 Å². The van der Waals surface area contributed by atoms with Crippen LogP contribution in [0.5, 0.6) is 0 Å². The van der Waals surface area contributed by atoms with Crippen LogP contribution in [0.3, 0.4) is 0 Å². The Morgan fingerprint density at radius 2 is 2.17 bits per heavy atom. The molecule has 0 radical (unpaired) electrons. The highest BCUT2D eigenvalue weighted by atomic mass is 35.5. The van der Waals surface area contributed by atoms with Gasteiger partial charge in [0.25, 0.3) is 0 Å². The van der Waals surface area contributed by atoms with E-state index < -0.39 is 10.2 Å². The van der Waals surface area contributed by atoms with Gasteiger partial charge in [-0.25, -0.2) is 0 Å². The molecular weight excluding hydrogens is 205 g/mol. The lowest BCUT2D eigenvalue weighted by Gasteiger charge is -2.20. The topological polar surface area (TPSA) is 46.2 Å². The first kappa shape index (κ1) is 12.1. The molecule has 1 fully saturated rings. The molecule has 6 heteroatoms. The van der Waals surface area contributed by atoms with Gasteiger partial charge in [-0.3, -0.25) is 0 Å². The molecule has 1 rings (SSSR count). The van der Waals surface area contributed by atoms with Crippen molar-refractivity contribution in [2.75, 3.05) is 18.8 Å². The molecule has 0 aromatic rings. The third-order valence-corrected chi connectivity index (χ3v) is 2.70.